The molecule has 2 aliphatic carbocycles. The van der Waals surface area contributed by atoms with Gasteiger partial charge in [0.15, 0.2) is 0 Å². The Bertz CT molecular complexity index is 335. The van der Waals surface area contributed by atoms with Crippen molar-refractivity contribution in [3.63, 3.8) is 0 Å². The monoisotopic (exact) mass is 341 g/mol. The van der Waals surface area contributed by atoms with Gasteiger partial charge >= 0.3 is 17.1 Å². The molecule has 113 valence electrons. The molecule has 2 aliphatic rings. The molecule has 1 radical (unpaired) electrons. The number of rotatable bonds is 2. The van der Waals surface area contributed by atoms with E-state index in [4.69, 9.17) is 0 Å². The van der Waals surface area contributed by atoms with E-state index in [2.05, 4.69) is 57.9 Å². The van der Waals surface area contributed by atoms with E-state index in [1.807, 2.05) is 10.4 Å². The molecule has 0 nitrogen and oxygen atoms in total. The molecule has 0 saturated heterocycles. The minimum Gasteiger partial charge on any atom is -0.358 e. The fraction of sp³-hybridized carbons (Fsp3) is 0.625. The quantitative estimate of drug-likeness (QED) is 0.473. The fourth-order valence-electron chi connectivity index (χ4n) is 3.78. The van der Waals surface area contributed by atoms with E-state index in [1.165, 1.54) is 12.8 Å². The molecule has 2 bridgehead atoms. The molecule has 0 saturated carbocycles. The summed E-state index contributed by atoms with van der Waals surface area (Å²) in [6, 6.07) is 0. The van der Waals surface area contributed by atoms with Crippen molar-refractivity contribution in [2.45, 2.75) is 52.1 Å². The smallest absolute Gasteiger partial charge is 0.358 e. The van der Waals surface area contributed by atoms with Gasteiger partial charge in [-0.3, -0.25) is 0 Å². The molecule has 19 heavy (non-hydrogen) atoms. The van der Waals surface area contributed by atoms with Crippen molar-refractivity contribution in [3.05, 3.63) is 36.4 Å². The summed E-state index contributed by atoms with van der Waals surface area (Å²) >= 11 is 0. The predicted molar refractivity (Wildman–Crippen MR) is 89.8 cm³/mol. The summed E-state index contributed by atoms with van der Waals surface area (Å²) in [5.41, 5.74) is 0. The van der Waals surface area contributed by atoms with Crippen LogP contribution in [0.15, 0.2) is 22.5 Å². The van der Waals surface area contributed by atoms with Crippen LogP contribution in [0.5, 0.6) is 0 Å². The van der Waals surface area contributed by atoms with Gasteiger partial charge in [-0.05, 0) is 5.92 Å². The van der Waals surface area contributed by atoms with Crippen LogP contribution in [0.3, 0.4) is 0 Å². The van der Waals surface area contributed by atoms with Crippen LogP contribution in [-0.4, -0.2) is 16.1 Å². The van der Waals surface area contributed by atoms with E-state index in [0.717, 1.165) is 11.8 Å². The van der Waals surface area contributed by atoms with E-state index in [1.54, 1.807) is 0 Å². The maximum atomic E-state index is 2.54. The van der Waals surface area contributed by atoms with Gasteiger partial charge in [0.2, 0.25) is 0 Å². The molecule has 0 fully saturated rings. The number of allylic oxidation sites excluding steroid dienone is 4. The second-order valence-electron chi connectivity index (χ2n) is 7.72. The molecule has 0 aromatic heterocycles. The van der Waals surface area contributed by atoms with Gasteiger partial charge in [0.1, 0.15) is 0 Å². The van der Waals surface area contributed by atoms with E-state index in [0.29, 0.717) is 0 Å². The molecule has 0 aromatic carbocycles. The van der Waals surface area contributed by atoms with Crippen LogP contribution in [0.4, 0.5) is 0 Å². The summed E-state index contributed by atoms with van der Waals surface area (Å²) in [4.78, 5) is 0. The first-order valence-corrected chi connectivity index (χ1v) is 14.0. The molecular formula is C16H30CuSi2. The Morgan fingerprint density at radius 1 is 1.00 bits per heavy atom. The Kier molecular flexibility index (Phi) is 6.48. The normalized spacial score (nSPS) is 26.2. The Morgan fingerprint density at radius 2 is 1.53 bits per heavy atom. The molecule has 0 amide bonds. The number of hydrogen-bond donors (Lipinski definition) is 0. The van der Waals surface area contributed by atoms with Gasteiger partial charge in [-0.25, -0.2) is 18.6 Å². The van der Waals surface area contributed by atoms with Gasteiger partial charge in [-0.2, -0.15) is 0 Å². The van der Waals surface area contributed by atoms with Gasteiger partial charge in [0.05, 0.1) is 16.1 Å². The first-order valence-electron chi connectivity index (χ1n) is 6.96. The Balaban J connectivity index is 0.00000162. The third-order valence-corrected chi connectivity index (χ3v) is 8.92. The van der Waals surface area contributed by atoms with Crippen LogP contribution in [-0.2, 0) is 17.1 Å². The maximum Gasteiger partial charge on any atom is 2.00 e. The van der Waals surface area contributed by atoms with E-state index in [9.17, 15) is 0 Å². The number of hydrogen-bond acceptors (Lipinski definition) is 0. The summed E-state index contributed by atoms with van der Waals surface area (Å²) < 4.78 is 0. The molecule has 0 aliphatic heterocycles. The van der Waals surface area contributed by atoms with Crippen LogP contribution in [0.2, 0.25) is 39.3 Å². The number of fused-ring (bicyclic) bond motifs is 2. The van der Waals surface area contributed by atoms with Crippen molar-refractivity contribution < 1.29 is 17.1 Å². The summed E-state index contributed by atoms with van der Waals surface area (Å²) in [6.45, 7) is 15.3. The minimum absolute atomic E-state index is 0. The molecule has 3 heteroatoms. The fourth-order valence-corrected chi connectivity index (χ4v) is 10.8. The van der Waals surface area contributed by atoms with E-state index >= 15 is 0 Å². The predicted octanol–water partition coefficient (Wildman–Crippen LogP) is 5.29. The second kappa shape index (κ2) is 6.38. The average Bonchev–Trinajstić information content (AvgIpc) is 2.30. The van der Waals surface area contributed by atoms with Gasteiger partial charge in [-0.1, -0.05) is 68.4 Å². The second-order valence-corrected chi connectivity index (χ2v) is 17.8. The molecule has 0 heterocycles. The zero-order valence-corrected chi connectivity index (χ0v) is 16.5. The summed E-state index contributed by atoms with van der Waals surface area (Å²) in [5, 5.41) is 3.87. The van der Waals surface area contributed by atoms with Crippen LogP contribution in [0, 0.1) is 25.7 Å². The molecular weight excluding hydrogens is 312 g/mol. The summed E-state index contributed by atoms with van der Waals surface area (Å²) in [6.07, 6.45) is 9.91. The average molecular weight is 342 g/mol. The molecule has 0 unspecified atom stereocenters. The van der Waals surface area contributed by atoms with Crippen LogP contribution >= 0.6 is 0 Å². The van der Waals surface area contributed by atoms with Crippen LogP contribution in [0.25, 0.3) is 0 Å². The standard InChI is InChI=1S/C15H27Si2.CH3.Cu/c1-16(2,3)14-12-9-7-8-10-13(11-12)15(14)17(4,5)6;;/h7-9,12-13H,10-11H2,1-6H3;1H3;/q2*-1;+2/t12-,13+;;/m1../s1. The van der Waals surface area contributed by atoms with Gasteiger partial charge in [0, 0.05) is 0 Å². The molecule has 0 spiro atoms. The maximum absolute atomic E-state index is 2.54. The van der Waals surface area contributed by atoms with Gasteiger partial charge in [-0.15, -0.1) is 0 Å². The van der Waals surface area contributed by atoms with Gasteiger partial charge in [0.25, 0.3) is 0 Å². The van der Waals surface area contributed by atoms with E-state index < -0.39 is 16.1 Å². The Morgan fingerprint density at radius 3 is 2.00 bits per heavy atom. The third-order valence-electron chi connectivity index (χ3n) is 4.12. The summed E-state index contributed by atoms with van der Waals surface area (Å²) in [7, 11) is -2.30. The molecule has 2 atom stereocenters. The van der Waals surface area contributed by atoms with Crippen molar-refractivity contribution in [3.8, 4) is 0 Å². The first kappa shape index (κ1) is 19.3. The van der Waals surface area contributed by atoms with Crippen molar-refractivity contribution >= 4 is 16.1 Å². The van der Waals surface area contributed by atoms with Crippen molar-refractivity contribution in [1.82, 2.24) is 0 Å². The van der Waals surface area contributed by atoms with Crippen molar-refractivity contribution in [2.24, 2.45) is 11.8 Å². The van der Waals surface area contributed by atoms with E-state index in [-0.39, 0.29) is 24.5 Å². The molecule has 0 N–H and O–H groups in total. The largest absolute Gasteiger partial charge is 2.00 e. The van der Waals surface area contributed by atoms with Crippen molar-refractivity contribution in [2.75, 3.05) is 0 Å². The van der Waals surface area contributed by atoms with Crippen LogP contribution < -0.4 is 0 Å². The Hall–Kier alpha value is 0.303. The Labute approximate surface area is 133 Å². The molecule has 0 aromatic rings. The van der Waals surface area contributed by atoms with Crippen LogP contribution in [0.1, 0.15) is 12.8 Å². The zero-order chi connectivity index (χ0) is 12.8. The SMILES string of the molecule is C[Si](C)(C)C1=C([Si](C)(C)C)[C@@H]2[CH-]C=CC[C@H]1C2.[CH3-].[Cu+2]. The minimum atomic E-state index is -1.16. The van der Waals surface area contributed by atoms with Gasteiger partial charge < -0.3 is 7.43 Å². The first-order chi connectivity index (χ1) is 7.71. The third kappa shape index (κ3) is 3.90. The topological polar surface area (TPSA) is 0 Å². The zero-order valence-electron chi connectivity index (χ0n) is 13.6. The molecule has 2 rings (SSSR count). The summed E-state index contributed by atoms with van der Waals surface area (Å²) in [5.74, 6) is 1.66. The van der Waals surface area contributed by atoms with Crippen molar-refractivity contribution in [1.29, 1.82) is 0 Å².